The first-order valence-corrected chi connectivity index (χ1v) is 7.28. The van der Waals surface area contributed by atoms with Crippen molar-refractivity contribution in [3.05, 3.63) is 45.7 Å². The van der Waals surface area contributed by atoms with E-state index in [1.807, 2.05) is 37.6 Å². The molecule has 4 nitrogen and oxygen atoms in total. The third kappa shape index (κ3) is 3.27. The van der Waals surface area contributed by atoms with E-state index in [4.69, 9.17) is 16.3 Å². The van der Waals surface area contributed by atoms with Gasteiger partial charge in [0.15, 0.2) is 5.78 Å². The van der Waals surface area contributed by atoms with Crippen molar-refractivity contribution in [1.82, 2.24) is 9.78 Å². The Labute approximate surface area is 129 Å². The zero-order chi connectivity index (χ0) is 15.6. The van der Waals surface area contributed by atoms with Gasteiger partial charge in [0.05, 0.1) is 16.4 Å². The Hall–Kier alpha value is -1.81. The zero-order valence-corrected chi connectivity index (χ0v) is 13.5. The number of benzene rings is 1. The molecule has 112 valence electrons. The summed E-state index contributed by atoms with van der Waals surface area (Å²) in [6.07, 6.45) is 0. The number of Topliss-reactive ketones (excluding diaryl/α,β-unsaturated/α-hetero) is 1. The number of hydrogen-bond acceptors (Lipinski definition) is 3. The van der Waals surface area contributed by atoms with E-state index >= 15 is 0 Å². The average Bonchev–Trinajstić information content (AvgIpc) is 2.72. The van der Waals surface area contributed by atoms with Crippen LogP contribution in [0.2, 0.25) is 5.02 Å². The van der Waals surface area contributed by atoms with Gasteiger partial charge in [-0.15, -0.1) is 0 Å². The summed E-state index contributed by atoms with van der Waals surface area (Å²) in [4.78, 5) is 11.3. The molecule has 0 aliphatic heterocycles. The van der Waals surface area contributed by atoms with Crippen molar-refractivity contribution in [3.8, 4) is 5.75 Å². The Morgan fingerprint density at radius 3 is 2.67 bits per heavy atom. The minimum atomic E-state index is 0.0485. The van der Waals surface area contributed by atoms with E-state index in [1.54, 1.807) is 13.0 Å². The molecule has 21 heavy (non-hydrogen) atoms. The van der Waals surface area contributed by atoms with Crippen LogP contribution in [0.4, 0.5) is 0 Å². The quantitative estimate of drug-likeness (QED) is 0.786. The minimum Gasteiger partial charge on any atom is -0.487 e. The fraction of sp³-hybridized carbons (Fsp3) is 0.375. The Kier molecular flexibility index (Phi) is 4.68. The number of rotatable bonds is 5. The summed E-state index contributed by atoms with van der Waals surface area (Å²) in [5.41, 5.74) is 3.29. The lowest BCUT2D eigenvalue weighted by atomic mass is 10.1. The van der Waals surface area contributed by atoms with E-state index in [2.05, 4.69) is 5.10 Å². The number of aryl methyl sites for hydroxylation is 3. The molecule has 5 heteroatoms. The molecule has 2 aromatic rings. The molecular formula is C16H19ClN2O2. The number of carbonyl (C=O) groups excluding carboxylic acids is 1. The maximum absolute atomic E-state index is 11.3. The molecule has 1 heterocycles. The van der Waals surface area contributed by atoms with E-state index in [0.29, 0.717) is 17.2 Å². The highest BCUT2D eigenvalue weighted by Gasteiger charge is 2.13. The van der Waals surface area contributed by atoms with Gasteiger partial charge in [0, 0.05) is 12.1 Å². The molecule has 0 saturated heterocycles. The summed E-state index contributed by atoms with van der Waals surface area (Å²) < 4.78 is 7.68. The van der Waals surface area contributed by atoms with Crippen molar-refractivity contribution < 1.29 is 9.53 Å². The van der Waals surface area contributed by atoms with Gasteiger partial charge >= 0.3 is 0 Å². The molecule has 0 spiro atoms. The number of ether oxygens (including phenoxy) is 1. The third-order valence-corrected chi connectivity index (χ3v) is 3.89. The van der Waals surface area contributed by atoms with Crippen molar-refractivity contribution in [1.29, 1.82) is 0 Å². The van der Waals surface area contributed by atoms with E-state index in [9.17, 15) is 4.79 Å². The minimum absolute atomic E-state index is 0.0485. The van der Waals surface area contributed by atoms with Crippen molar-refractivity contribution >= 4 is 17.4 Å². The molecule has 0 radical (unpaired) electrons. The van der Waals surface area contributed by atoms with Crippen LogP contribution in [0, 0.1) is 13.8 Å². The lowest BCUT2D eigenvalue weighted by Crippen LogP contribution is -2.07. The predicted molar refractivity (Wildman–Crippen MR) is 83.2 cm³/mol. The molecule has 0 aliphatic rings. The lowest BCUT2D eigenvalue weighted by molar-refractivity contribution is 0.101. The molecule has 0 saturated carbocycles. The number of carbonyl (C=O) groups is 1. The summed E-state index contributed by atoms with van der Waals surface area (Å²) in [7, 11) is 0. The molecule has 1 aromatic heterocycles. The smallest absolute Gasteiger partial charge is 0.159 e. The zero-order valence-electron chi connectivity index (χ0n) is 12.7. The van der Waals surface area contributed by atoms with E-state index in [0.717, 1.165) is 29.2 Å². The van der Waals surface area contributed by atoms with Crippen molar-refractivity contribution in [2.24, 2.45) is 0 Å². The van der Waals surface area contributed by atoms with Gasteiger partial charge in [0.2, 0.25) is 0 Å². The Morgan fingerprint density at radius 2 is 2.10 bits per heavy atom. The lowest BCUT2D eigenvalue weighted by Gasteiger charge is -2.11. The van der Waals surface area contributed by atoms with E-state index in [-0.39, 0.29) is 5.78 Å². The monoisotopic (exact) mass is 306 g/mol. The van der Waals surface area contributed by atoms with Crippen LogP contribution in [0.3, 0.4) is 0 Å². The highest BCUT2D eigenvalue weighted by molar-refractivity contribution is 6.31. The fourth-order valence-electron chi connectivity index (χ4n) is 2.18. The molecule has 0 atom stereocenters. The summed E-state index contributed by atoms with van der Waals surface area (Å²) in [5, 5.41) is 5.01. The van der Waals surface area contributed by atoms with E-state index in [1.165, 1.54) is 0 Å². The standard InChI is InChI=1S/C16H19ClN2O2/c1-5-19-14(16(17)11(3)18-19)9-21-15-7-6-13(12(4)20)8-10(15)2/h6-8H,5,9H2,1-4H3. The summed E-state index contributed by atoms with van der Waals surface area (Å²) >= 11 is 6.26. The highest BCUT2D eigenvalue weighted by Crippen LogP contribution is 2.24. The van der Waals surface area contributed by atoms with Crippen LogP contribution in [-0.2, 0) is 13.2 Å². The molecule has 2 rings (SSSR count). The molecule has 0 unspecified atom stereocenters. The number of ketones is 1. The first-order chi connectivity index (χ1) is 9.93. The highest BCUT2D eigenvalue weighted by atomic mass is 35.5. The van der Waals surface area contributed by atoms with Crippen LogP contribution in [0.25, 0.3) is 0 Å². The molecule has 0 fully saturated rings. The van der Waals surface area contributed by atoms with Gasteiger partial charge in [-0.2, -0.15) is 5.10 Å². The summed E-state index contributed by atoms with van der Waals surface area (Å²) in [6.45, 7) is 8.47. The van der Waals surface area contributed by atoms with Crippen LogP contribution in [0.1, 0.15) is 41.2 Å². The average molecular weight is 307 g/mol. The maximum atomic E-state index is 11.3. The van der Waals surface area contributed by atoms with Gasteiger partial charge in [-0.3, -0.25) is 9.48 Å². The van der Waals surface area contributed by atoms with E-state index < -0.39 is 0 Å². The van der Waals surface area contributed by atoms with Gasteiger partial charge in [0.1, 0.15) is 12.4 Å². The first-order valence-electron chi connectivity index (χ1n) is 6.90. The van der Waals surface area contributed by atoms with Crippen LogP contribution < -0.4 is 4.74 Å². The number of halogens is 1. The predicted octanol–water partition coefficient (Wildman–Crippen LogP) is 3.95. The molecular weight excluding hydrogens is 288 g/mol. The second-order valence-corrected chi connectivity index (χ2v) is 5.36. The maximum Gasteiger partial charge on any atom is 0.159 e. The van der Waals surface area contributed by atoms with Crippen LogP contribution >= 0.6 is 11.6 Å². The SMILES string of the molecule is CCn1nc(C)c(Cl)c1COc1ccc(C(C)=O)cc1C. The van der Waals surface area contributed by atoms with Crippen molar-refractivity contribution in [2.45, 2.75) is 40.8 Å². The number of aromatic nitrogens is 2. The molecule has 0 bridgehead atoms. The normalized spacial score (nSPS) is 10.7. The fourth-order valence-corrected chi connectivity index (χ4v) is 2.37. The number of nitrogens with zero attached hydrogens (tertiary/aromatic N) is 2. The van der Waals surface area contributed by atoms with Crippen LogP contribution in [0.5, 0.6) is 5.75 Å². The summed E-state index contributed by atoms with van der Waals surface area (Å²) in [6, 6.07) is 5.43. The van der Waals surface area contributed by atoms with Crippen molar-refractivity contribution in [3.63, 3.8) is 0 Å². The second kappa shape index (κ2) is 6.31. The third-order valence-electron chi connectivity index (χ3n) is 3.40. The Morgan fingerprint density at radius 1 is 1.38 bits per heavy atom. The molecule has 0 aliphatic carbocycles. The topological polar surface area (TPSA) is 44.1 Å². The van der Waals surface area contributed by atoms with Gasteiger partial charge in [0.25, 0.3) is 0 Å². The Balaban J connectivity index is 2.19. The van der Waals surface area contributed by atoms with Crippen LogP contribution in [-0.4, -0.2) is 15.6 Å². The largest absolute Gasteiger partial charge is 0.487 e. The molecule has 1 aromatic carbocycles. The van der Waals surface area contributed by atoms with Gasteiger partial charge in [-0.1, -0.05) is 11.6 Å². The second-order valence-electron chi connectivity index (χ2n) is 4.99. The van der Waals surface area contributed by atoms with Crippen LogP contribution in [0.15, 0.2) is 18.2 Å². The van der Waals surface area contributed by atoms with Crippen molar-refractivity contribution in [2.75, 3.05) is 0 Å². The van der Waals surface area contributed by atoms with Gasteiger partial charge in [-0.25, -0.2) is 0 Å². The summed E-state index contributed by atoms with van der Waals surface area (Å²) in [5.74, 6) is 0.796. The molecule has 0 amide bonds. The molecule has 0 N–H and O–H groups in total. The Bertz CT molecular complexity index is 677. The first kappa shape index (κ1) is 15.6. The number of hydrogen-bond donors (Lipinski definition) is 0. The van der Waals surface area contributed by atoms with Gasteiger partial charge < -0.3 is 4.74 Å². The van der Waals surface area contributed by atoms with Gasteiger partial charge in [-0.05, 0) is 51.5 Å².